The number of halogens is 1. The topological polar surface area (TPSA) is 63.5 Å². The quantitative estimate of drug-likeness (QED) is 0.269. The molecule has 1 saturated carbocycles. The zero-order valence-corrected chi connectivity index (χ0v) is 18.5. The van der Waals surface area contributed by atoms with E-state index in [-0.39, 0.29) is 29.4 Å². The number of aryl methyl sites for hydroxylation is 1. The van der Waals surface area contributed by atoms with Crippen LogP contribution in [-0.4, -0.2) is 41.0 Å². The number of nitrogens with one attached hydrogen (secondary N) is 2. The summed E-state index contributed by atoms with van der Waals surface area (Å²) in [5, 5.41) is 11.1. The Kier molecular flexibility index (Phi) is 9.20. The van der Waals surface area contributed by atoms with E-state index in [1.807, 2.05) is 17.8 Å². The first-order chi connectivity index (χ1) is 11.5. The lowest BCUT2D eigenvalue weighted by molar-refractivity contribution is -0.113. The fourth-order valence-electron chi connectivity index (χ4n) is 2.98. The zero-order chi connectivity index (χ0) is 17.6. The van der Waals surface area contributed by atoms with Gasteiger partial charge in [0.05, 0.1) is 18.3 Å². The maximum atomic E-state index is 6.03. The van der Waals surface area contributed by atoms with Gasteiger partial charge in [0.15, 0.2) is 5.96 Å². The highest BCUT2D eigenvalue weighted by Gasteiger charge is 2.49. The van der Waals surface area contributed by atoms with Crippen LogP contribution in [0.5, 0.6) is 0 Å². The van der Waals surface area contributed by atoms with Gasteiger partial charge in [-0.05, 0) is 25.8 Å². The van der Waals surface area contributed by atoms with Crippen molar-refractivity contribution in [2.24, 2.45) is 17.5 Å². The standard InChI is InChI=1S/C18H33N5O.HI/c1-6-8-11-24-16-12-15(18(16,3)4)22-17(19-7-2)20-13-14-9-10-21-23(14)5;/h9-10,15-16H,6-8,11-13H2,1-5H3,(H2,19,20,22);1H. The molecule has 7 heteroatoms. The summed E-state index contributed by atoms with van der Waals surface area (Å²) in [6.07, 6.45) is 5.49. The smallest absolute Gasteiger partial charge is 0.191 e. The van der Waals surface area contributed by atoms with E-state index in [0.717, 1.165) is 37.6 Å². The SMILES string of the molecule is CCCCOC1CC(NC(=NCc2ccnn2C)NCC)C1(C)C.I. The summed E-state index contributed by atoms with van der Waals surface area (Å²) < 4.78 is 7.89. The Bertz CT molecular complexity index is 543. The number of nitrogens with zero attached hydrogens (tertiary/aromatic N) is 3. The van der Waals surface area contributed by atoms with E-state index >= 15 is 0 Å². The second-order valence-electron chi connectivity index (χ2n) is 7.11. The zero-order valence-electron chi connectivity index (χ0n) is 16.2. The predicted molar refractivity (Wildman–Crippen MR) is 113 cm³/mol. The molecule has 0 aliphatic heterocycles. The molecule has 2 N–H and O–H groups in total. The number of guanidine groups is 1. The summed E-state index contributed by atoms with van der Waals surface area (Å²) in [7, 11) is 1.94. The number of rotatable bonds is 8. The van der Waals surface area contributed by atoms with Crippen molar-refractivity contribution in [1.29, 1.82) is 0 Å². The van der Waals surface area contributed by atoms with Gasteiger partial charge >= 0.3 is 0 Å². The third-order valence-corrected chi connectivity index (χ3v) is 4.97. The van der Waals surface area contributed by atoms with E-state index in [4.69, 9.17) is 9.73 Å². The van der Waals surface area contributed by atoms with Gasteiger partial charge in [0, 0.05) is 37.9 Å². The van der Waals surface area contributed by atoms with Crippen LogP contribution in [0.1, 0.15) is 52.7 Å². The molecule has 0 saturated heterocycles. The van der Waals surface area contributed by atoms with Crippen LogP contribution in [-0.2, 0) is 18.3 Å². The van der Waals surface area contributed by atoms with E-state index in [9.17, 15) is 0 Å². The van der Waals surface area contributed by atoms with Gasteiger partial charge in [-0.3, -0.25) is 4.68 Å². The summed E-state index contributed by atoms with van der Waals surface area (Å²) in [4.78, 5) is 4.70. The minimum absolute atomic E-state index is 0. The highest BCUT2D eigenvalue weighted by atomic mass is 127. The van der Waals surface area contributed by atoms with Crippen LogP contribution < -0.4 is 10.6 Å². The van der Waals surface area contributed by atoms with Crippen LogP contribution in [0, 0.1) is 5.41 Å². The van der Waals surface area contributed by atoms with Crippen molar-refractivity contribution in [2.75, 3.05) is 13.2 Å². The molecule has 25 heavy (non-hydrogen) atoms. The Hall–Kier alpha value is -0.830. The predicted octanol–water partition coefficient (Wildman–Crippen LogP) is 3.08. The van der Waals surface area contributed by atoms with Gasteiger partial charge in [0.2, 0.25) is 0 Å². The van der Waals surface area contributed by atoms with Crippen molar-refractivity contribution in [3.05, 3.63) is 18.0 Å². The molecule has 1 heterocycles. The first-order valence-electron chi connectivity index (χ1n) is 9.12. The summed E-state index contributed by atoms with van der Waals surface area (Å²) in [6.45, 7) is 11.2. The van der Waals surface area contributed by atoms with Crippen LogP contribution in [0.15, 0.2) is 17.3 Å². The molecule has 144 valence electrons. The van der Waals surface area contributed by atoms with Gasteiger partial charge in [0.25, 0.3) is 0 Å². The minimum Gasteiger partial charge on any atom is -0.378 e. The third-order valence-electron chi connectivity index (χ3n) is 4.97. The Balaban J connectivity index is 0.00000312. The Morgan fingerprint density at radius 3 is 2.76 bits per heavy atom. The number of hydrogen-bond acceptors (Lipinski definition) is 3. The number of unbranched alkanes of at least 4 members (excludes halogenated alkanes) is 1. The molecule has 2 rings (SSSR count). The first-order valence-corrected chi connectivity index (χ1v) is 9.12. The molecule has 0 bridgehead atoms. The van der Waals surface area contributed by atoms with Crippen molar-refractivity contribution in [2.45, 2.75) is 65.6 Å². The number of ether oxygens (including phenoxy) is 1. The summed E-state index contributed by atoms with van der Waals surface area (Å²) in [5.41, 5.74) is 1.22. The van der Waals surface area contributed by atoms with Gasteiger partial charge in [-0.1, -0.05) is 27.2 Å². The van der Waals surface area contributed by atoms with E-state index in [1.165, 1.54) is 6.42 Å². The van der Waals surface area contributed by atoms with Gasteiger partial charge in [-0.2, -0.15) is 5.10 Å². The van der Waals surface area contributed by atoms with Crippen molar-refractivity contribution in [3.8, 4) is 0 Å². The minimum atomic E-state index is 0. The van der Waals surface area contributed by atoms with Crippen LogP contribution in [0.25, 0.3) is 0 Å². The second kappa shape index (κ2) is 10.4. The van der Waals surface area contributed by atoms with Gasteiger partial charge in [0.1, 0.15) is 0 Å². The van der Waals surface area contributed by atoms with Gasteiger partial charge < -0.3 is 15.4 Å². The molecule has 0 aromatic carbocycles. The van der Waals surface area contributed by atoms with Crippen molar-refractivity contribution in [1.82, 2.24) is 20.4 Å². The average Bonchev–Trinajstić information content (AvgIpc) is 2.96. The van der Waals surface area contributed by atoms with Crippen LogP contribution in [0.4, 0.5) is 0 Å². The molecule has 1 aliphatic carbocycles. The lowest BCUT2D eigenvalue weighted by Crippen LogP contribution is -2.63. The van der Waals surface area contributed by atoms with Crippen LogP contribution in [0.3, 0.4) is 0 Å². The summed E-state index contributed by atoms with van der Waals surface area (Å²) >= 11 is 0. The molecule has 1 aromatic rings. The second-order valence-corrected chi connectivity index (χ2v) is 7.11. The molecule has 2 atom stereocenters. The molecule has 0 spiro atoms. The summed E-state index contributed by atoms with van der Waals surface area (Å²) in [5.74, 6) is 0.865. The van der Waals surface area contributed by atoms with Gasteiger partial charge in [-0.25, -0.2) is 4.99 Å². The largest absolute Gasteiger partial charge is 0.378 e. The molecule has 0 radical (unpaired) electrons. The van der Waals surface area contributed by atoms with E-state index in [0.29, 0.717) is 18.7 Å². The molecule has 2 unspecified atom stereocenters. The van der Waals surface area contributed by atoms with Crippen LogP contribution in [0.2, 0.25) is 0 Å². The Morgan fingerprint density at radius 2 is 2.20 bits per heavy atom. The first kappa shape index (κ1) is 22.2. The molecule has 0 amide bonds. The molecule has 6 nitrogen and oxygen atoms in total. The molecule has 1 aromatic heterocycles. The number of aliphatic imine (C=N–C) groups is 1. The maximum Gasteiger partial charge on any atom is 0.191 e. The van der Waals surface area contributed by atoms with E-state index < -0.39 is 0 Å². The van der Waals surface area contributed by atoms with Crippen molar-refractivity contribution < 1.29 is 4.74 Å². The summed E-state index contributed by atoms with van der Waals surface area (Å²) in [6, 6.07) is 2.38. The lowest BCUT2D eigenvalue weighted by Gasteiger charge is -2.52. The number of hydrogen-bond donors (Lipinski definition) is 2. The molecular weight excluding hydrogens is 429 g/mol. The monoisotopic (exact) mass is 463 g/mol. The fourth-order valence-corrected chi connectivity index (χ4v) is 2.98. The average molecular weight is 463 g/mol. The van der Waals surface area contributed by atoms with E-state index in [1.54, 1.807) is 6.20 Å². The van der Waals surface area contributed by atoms with Crippen LogP contribution >= 0.6 is 24.0 Å². The highest BCUT2D eigenvalue weighted by Crippen LogP contribution is 2.42. The fraction of sp³-hybridized carbons (Fsp3) is 0.778. The van der Waals surface area contributed by atoms with Crippen molar-refractivity contribution in [3.63, 3.8) is 0 Å². The highest BCUT2D eigenvalue weighted by molar-refractivity contribution is 14.0. The van der Waals surface area contributed by atoms with Gasteiger partial charge in [-0.15, -0.1) is 24.0 Å². The normalized spacial score (nSPS) is 22.0. The number of aromatic nitrogens is 2. The Morgan fingerprint density at radius 1 is 1.44 bits per heavy atom. The lowest BCUT2D eigenvalue weighted by atomic mass is 9.64. The molecule has 1 aliphatic rings. The molecular formula is C18H34IN5O. The third kappa shape index (κ3) is 5.84. The maximum absolute atomic E-state index is 6.03. The Labute approximate surface area is 169 Å². The van der Waals surface area contributed by atoms with Crippen molar-refractivity contribution >= 4 is 29.9 Å². The molecule has 1 fully saturated rings. The van der Waals surface area contributed by atoms with E-state index in [2.05, 4.69) is 43.4 Å².